The van der Waals surface area contributed by atoms with E-state index in [1.807, 2.05) is 6.07 Å². The van der Waals surface area contributed by atoms with E-state index in [1.165, 1.54) is 38.4 Å². The lowest BCUT2D eigenvalue weighted by molar-refractivity contribution is 0.303. The first-order valence-electron chi connectivity index (χ1n) is 7.45. The van der Waals surface area contributed by atoms with Crippen molar-refractivity contribution in [3.8, 4) is 11.8 Å². The molecule has 0 spiro atoms. The zero-order valence-corrected chi connectivity index (χ0v) is 11.7. The molecule has 0 radical (unpaired) electrons. The quantitative estimate of drug-likeness (QED) is 0.838. The van der Waals surface area contributed by atoms with Gasteiger partial charge in [0.15, 0.2) is 0 Å². The molecule has 1 aliphatic heterocycles. The molecule has 20 heavy (non-hydrogen) atoms. The van der Waals surface area contributed by atoms with Crippen LogP contribution in [0.4, 0.5) is 4.39 Å². The van der Waals surface area contributed by atoms with Gasteiger partial charge in [0.25, 0.3) is 0 Å². The van der Waals surface area contributed by atoms with E-state index in [-0.39, 0.29) is 5.82 Å². The zero-order valence-electron chi connectivity index (χ0n) is 11.7. The van der Waals surface area contributed by atoms with Crippen LogP contribution < -0.4 is 5.73 Å². The molecule has 1 saturated carbocycles. The van der Waals surface area contributed by atoms with Crippen molar-refractivity contribution in [3.05, 3.63) is 35.1 Å². The summed E-state index contributed by atoms with van der Waals surface area (Å²) in [6.45, 7) is 3.49. The van der Waals surface area contributed by atoms with Crippen LogP contribution in [0.25, 0.3) is 0 Å². The Hall–Kier alpha value is -1.37. The Morgan fingerprint density at radius 2 is 1.95 bits per heavy atom. The van der Waals surface area contributed by atoms with Gasteiger partial charge >= 0.3 is 0 Å². The van der Waals surface area contributed by atoms with Crippen LogP contribution in [-0.2, 0) is 6.54 Å². The molecule has 2 nitrogen and oxygen atoms in total. The minimum Gasteiger partial charge on any atom is -0.320 e. The molecule has 2 atom stereocenters. The fraction of sp³-hybridized carbons (Fsp3) is 0.529. The van der Waals surface area contributed by atoms with Crippen molar-refractivity contribution in [3.63, 3.8) is 0 Å². The summed E-state index contributed by atoms with van der Waals surface area (Å²) in [6.07, 6.45) is 4.14. The van der Waals surface area contributed by atoms with Crippen molar-refractivity contribution in [2.24, 2.45) is 17.6 Å². The highest BCUT2D eigenvalue weighted by atomic mass is 19.1. The van der Waals surface area contributed by atoms with Crippen molar-refractivity contribution >= 4 is 0 Å². The van der Waals surface area contributed by atoms with Crippen molar-refractivity contribution in [2.45, 2.75) is 25.8 Å². The summed E-state index contributed by atoms with van der Waals surface area (Å²) in [5.74, 6) is 7.24. The molecule has 0 bridgehead atoms. The van der Waals surface area contributed by atoms with Crippen LogP contribution in [0.15, 0.2) is 18.2 Å². The van der Waals surface area contributed by atoms with Gasteiger partial charge in [-0.1, -0.05) is 18.3 Å². The summed E-state index contributed by atoms with van der Waals surface area (Å²) in [5, 5.41) is 0. The molecule has 1 aromatic rings. The molecule has 2 unspecified atom stereocenters. The SMILES string of the molecule is NCC#Cc1cc(F)cc(CN2CC3CCCC3C2)c1. The summed E-state index contributed by atoms with van der Waals surface area (Å²) in [6, 6.07) is 5.09. The van der Waals surface area contributed by atoms with Gasteiger partial charge in [-0.2, -0.15) is 0 Å². The number of rotatable bonds is 2. The van der Waals surface area contributed by atoms with Gasteiger partial charge in [0.05, 0.1) is 6.54 Å². The standard InChI is InChI=1S/C17H21FN2/c18-17-8-13(3-2-6-19)7-14(9-17)10-20-11-15-4-1-5-16(15)12-20/h7-9,15-16H,1,4-6,10-12,19H2. The average Bonchev–Trinajstić information content (AvgIpc) is 2.96. The molecule has 3 heteroatoms. The fourth-order valence-electron chi connectivity index (χ4n) is 3.69. The van der Waals surface area contributed by atoms with Gasteiger partial charge < -0.3 is 5.73 Å². The Kier molecular flexibility index (Phi) is 4.05. The van der Waals surface area contributed by atoms with Gasteiger partial charge in [-0.3, -0.25) is 4.90 Å². The monoisotopic (exact) mass is 272 g/mol. The molecule has 0 aromatic heterocycles. The van der Waals surface area contributed by atoms with Gasteiger partial charge in [-0.05, 0) is 48.4 Å². The third-order valence-electron chi connectivity index (χ3n) is 4.50. The number of hydrogen-bond donors (Lipinski definition) is 1. The number of benzene rings is 1. The average molecular weight is 272 g/mol. The molecule has 106 valence electrons. The lowest BCUT2D eigenvalue weighted by atomic mass is 10.0. The smallest absolute Gasteiger partial charge is 0.124 e. The zero-order chi connectivity index (χ0) is 13.9. The van der Waals surface area contributed by atoms with Crippen LogP contribution in [-0.4, -0.2) is 24.5 Å². The van der Waals surface area contributed by atoms with Gasteiger partial charge in [-0.15, -0.1) is 0 Å². The summed E-state index contributed by atoms with van der Waals surface area (Å²) in [5.41, 5.74) is 7.11. The Labute approximate surface area is 120 Å². The Morgan fingerprint density at radius 3 is 2.65 bits per heavy atom. The first-order valence-corrected chi connectivity index (χ1v) is 7.45. The summed E-state index contributed by atoms with van der Waals surface area (Å²) >= 11 is 0. The number of halogens is 1. The van der Waals surface area contributed by atoms with Crippen LogP contribution in [0.2, 0.25) is 0 Å². The molecule has 2 aliphatic rings. The van der Waals surface area contributed by atoms with E-state index >= 15 is 0 Å². The first-order chi connectivity index (χ1) is 9.74. The third-order valence-corrected chi connectivity index (χ3v) is 4.50. The van der Waals surface area contributed by atoms with Gasteiger partial charge in [0.1, 0.15) is 5.82 Å². The summed E-state index contributed by atoms with van der Waals surface area (Å²) in [4.78, 5) is 2.46. The fourth-order valence-corrected chi connectivity index (χ4v) is 3.69. The minimum absolute atomic E-state index is 0.205. The summed E-state index contributed by atoms with van der Waals surface area (Å²) < 4.78 is 13.6. The van der Waals surface area contributed by atoms with Crippen molar-refractivity contribution in [1.82, 2.24) is 4.90 Å². The molecule has 0 amide bonds. The molecular weight excluding hydrogens is 251 g/mol. The highest BCUT2D eigenvalue weighted by molar-refractivity contribution is 5.38. The van der Waals surface area contributed by atoms with Gasteiger partial charge in [0.2, 0.25) is 0 Å². The molecule has 2 N–H and O–H groups in total. The topological polar surface area (TPSA) is 29.3 Å². The lowest BCUT2D eigenvalue weighted by Crippen LogP contribution is -2.21. The second-order valence-corrected chi connectivity index (χ2v) is 6.00. The molecule has 1 aromatic carbocycles. The number of fused-ring (bicyclic) bond motifs is 1. The predicted molar refractivity (Wildman–Crippen MR) is 78.4 cm³/mol. The van der Waals surface area contributed by atoms with E-state index in [0.717, 1.165) is 29.5 Å². The van der Waals surface area contributed by atoms with Crippen molar-refractivity contribution < 1.29 is 4.39 Å². The second kappa shape index (κ2) is 5.95. The molecular formula is C17H21FN2. The molecule has 1 saturated heterocycles. The van der Waals surface area contributed by atoms with Crippen LogP contribution in [0.3, 0.4) is 0 Å². The van der Waals surface area contributed by atoms with E-state index in [2.05, 4.69) is 16.7 Å². The highest BCUT2D eigenvalue weighted by Gasteiger charge is 2.35. The minimum atomic E-state index is -0.205. The Morgan fingerprint density at radius 1 is 1.20 bits per heavy atom. The molecule has 2 fully saturated rings. The molecule has 1 aliphatic carbocycles. The lowest BCUT2D eigenvalue weighted by Gasteiger charge is -2.17. The Bertz CT molecular complexity index is 532. The normalized spacial score (nSPS) is 25.3. The van der Waals surface area contributed by atoms with Crippen LogP contribution in [0.5, 0.6) is 0 Å². The van der Waals surface area contributed by atoms with E-state index in [0.29, 0.717) is 6.54 Å². The molecule has 3 rings (SSSR count). The second-order valence-electron chi connectivity index (χ2n) is 6.00. The van der Waals surface area contributed by atoms with Crippen LogP contribution in [0.1, 0.15) is 30.4 Å². The van der Waals surface area contributed by atoms with Gasteiger partial charge in [0, 0.05) is 25.2 Å². The van der Waals surface area contributed by atoms with Gasteiger partial charge in [-0.25, -0.2) is 4.39 Å². The number of nitrogens with two attached hydrogens (primary N) is 1. The van der Waals surface area contributed by atoms with Crippen molar-refractivity contribution in [2.75, 3.05) is 19.6 Å². The van der Waals surface area contributed by atoms with E-state index in [9.17, 15) is 4.39 Å². The maximum Gasteiger partial charge on any atom is 0.124 e. The van der Waals surface area contributed by atoms with Crippen molar-refractivity contribution in [1.29, 1.82) is 0 Å². The third kappa shape index (κ3) is 3.03. The number of likely N-dealkylation sites (tertiary alicyclic amines) is 1. The highest BCUT2D eigenvalue weighted by Crippen LogP contribution is 2.38. The predicted octanol–water partition coefficient (Wildman–Crippen LogP) is 2.37. The van der Waals surface area contributed by atoms with Crippen LogP contribution >= 0.6 is 0 Å². The maximum absolute atomic E-state index is 13.6. The molecule has 1 heterocycles. The Balaban J connectivity index is 1.69. The maximum atomic E-state index is 13.6. The van der Waals surface area contributed by atoms with E-state index in [1.54, 1.807) is 6.07 Å². The van der Waals surface area contributed by atoms with E-state index < -0.39 is 0 Å². The number of hydrogen-bond acceptors (Lipinski definition) is 2. The number of nitrogens with zero attached hydrogens (tertiary/aromatic N) is 1. The first kappa shape index (κ1) is 13.6. The van der Waals surface area contributed by atoms with E-state index in [4.69, 9.17) is 5.73 Å². The summed E-state index contributed by atoms with van der Waals surface area (Å²) in [7, 11) is 0. The largest absolute Gasteiger partial charge is 0.320 e. The van der Waals surface area contributed by atoms with Crippen LogP contribution in [0, 0.1) is 29.5 Å².